The molecule has 29 heavy (non-hydrogen) atoms. The number of amides is 3. The van der Waals surface area contributed by atoms with Crippen molar-refractivity contribution in [2.45, 2.75) is 33.2 Å². The van der Waals surface area contributed by atoms with Crippen LogP contribution in [0.5, 0.6) is 0 Å². The van der Waals surface area contributed by atoms with Crippen molar-refractivity contribution in [3.63, 3.8) is 0 Å². The third kappa shape index (κ3) is 4.65. The molecule has 0 radical (unpaired) electrons. The van der Waals surface area contributed by atoms with Crippen molar-refractivity contribution in [1.29, 1.82) is 0 Å². The van der Waals surface area contributed by atoms with Crippen LogP contribution in [0.4, 0.5) is 4.79 Å². The van der Waals surface area contributed by atoms with E-state index in [0.717, 1.165) is 16.8 Å². The molecule has 2 aromatic rings. The Bertz CT molecular complexity index is 924. The van der Waals surface area contributed by atoms with Crippen LogP contribution in [0.25, 0.3) is 0 Å². The lowest BCUT2D eigenvalue weighted by atomic mass is 9.96. The minimum absolute atomic E-state index is 0.0289. The standard InChI is InChI=1S/C23H28N4O2/c1-5-24-23(29)26(4)15-22(28)27-21(18-9-7-6-8-10-18)14-20(25-27)19-12-11-16(2)17(3)13-19/h6-13,21H,5,14-15H2,1-4H3,(H,24,29)/t21-/m0/s1. The van der Waals surface area contributed by atoms with Crippen LogP contribution in [0.1, 0.15) is 41.6 Å². The van der Waals surface area contributed by atoms with Crippen molar-refractivity contribution < 1.29 is 9.59 Å². The summed E-state index contributed by atoms with van der Waals surface area (Å²) in [5, 5.41) is 8.94. The van der Waals surface area contributed by atoms with Gasteiger partial charge in [-0.2, -0.15) is 5.10 Å². The highest BCUT2D eigenvalue weighted by Crippen LogP contribution is 2.33. The first-order chi connectivity index (χ1) is 13.9. The lowest BCUT2D eigenvalue weighted by Crippen LogP contribution is -2.43. The minimum atomic E-state index is -0.269. The van der Waals surface area contributed by atoms with E-state index in [1.54, 1.807) is 7.05 Å². The van der Waals surface area contributed by atoms with Gasteiger partial charge in [0.25, 0.3) is 5.91 Å². The molecule has 2 aromatic carbocycles. The highest BCUT2D eigenvalue weighted by molar-refractivity contribution is 6.03. The maximum atomic E-state index is 13.0. The first-order valence-corrected chi connectivity index (χ1v) is 9.91. The molecule has 1 heterocycles. The Hall–Kier alpha value is -3.15. The molecule has 3 amide bonds. The van der Waals surface area contributed by atoms with E-state index in [1.807, 2.05) is 37.3 Å². The van der Waals surface area contributed by atoms with Gasteiger partial charge in [0.05, 0.1) is 11.8 Å². The van der Waals surface area contributed by atoms with Gasteiger partial charge in [0.15, 0.2) is 0 Å². The van der Waals surface area contributed by atoms with E-state index in [4.69, 9.17) is 0 Å². The lowest BCUT2D eigenvalue weighted by molar-refractivity contribution is -0.133. The van der Waals surface area contributed by atoms with Gasteiger partial charge in [0.1, 0.15) is 6.54 Å². The molecule has 6 nitrogen and oxygen atoms in total. The first-order valence-electron chi connectivity index (χ1n) is 9.91. The van der Waals surface area contributed by atoms with Crippen molar-refractivity contribution in [2.24, 2.45) is 5.10 Å². The number of likely N-dealkylation sites (N-methyl/N-ethyl adjacent to an activating group) is 1. The second kappa shape index (κ2) is 8.90. The van der Waals surface area contributed by atoms with Crippen LogP contribution >= 0.6 is 0 Å². The second-order valence-electron chi connectivity index (χ2n) is 7.41. The summed E-state index contributed by atoms with van der Waals surface area (Å²) in [4.78, 5) is 26.4. The summed E-state index contributed by atoms with van der Waals surface area (Å²) in [5.41, 5.74) is 5.37. The van der Waals surface area contributed by atoms with Gasteiger partial charge in [-0.05, 0) is 49.1 Å². The summed E-state index contributed by atoms with van der Waals surface area (Å²) in [6, 6.07) is 15.7. The number of carbonyl (C=O) groups is 2. The zero-order chi connectivity index (χ0) is 21.0. The van der Waals surface area contributed by atoms with E-state index in [1.165, 1.54) is 21.0 Å². The van der Waals surface area contributed by atoms with Crippen molar-refractivity contribution in [3.8, 4) is 0 Å². The number of nitrogens with zero attached hydrogens (tertiary/aromatic N) is 3. The molecule has 0 aliphatic carbocycles. The fraction of sp³-hybridized carbons (Fsp3) is 0.348. The van der Waals surface area contributed by atoms with Crippen LogP contribution in [-0.2, 0) is 4.79 Å². The van der Waals surface area contributed by atoms with Crippen molar-refractivity contribution >= 4 is 17.6 Å². The number of hydrogen-bond donors (Lipinski definition) is 1. The normalized spacial score (nSPS) is 15.8. The van der Waals surface area contributed by atoms with Crippen molar-refractivity contribution in [3.05, 3.63) is 70.8 Å². The molecule has 152 valence electrons. The summed E-state index contributed by atoms with van der Waals surface area (Å²) in [6.45, 7) is 6.49. The summed E-state index contributed by atoms with van der Waals surface area (Å²) in [5.74, 6) is -0.202. The van der Waals surface area contributed by atoms with Crippen LogP contribution in [0.2, 0.25) is 0 Å². The topological polar surface area (TPSA) is 65.0 Å². The van der Waals surface area contributed by atoms with Crippen molar-refractivity contribution in [1.82, 2.24) is 15.2 Å². The Balaban J connectivity index is 1.88. The number of benzene rings is 2. The lowest BCUT2D eigenvalue weighted by Gasteiger charge is -2.25. The Morgan fingerprint density at radius 1 is 1.14 bits per heavy atom. The Kier molecular flexibility index (Phi) is 6.32. The fourth-order valence-corrected chi connectivity index (χ4v) is 3.40. The Morgan fingerprint density at radius 3 is 2.52 bits per heavy atom. The van der Waals surface area contributed by atoms with Gasteiger partial charge in [-0.3, -0.25) is 4.79 Å². The van der Waals surface area contributed by atoms with Gasteiger partial charge < -0.3 is 10.2 Å². The van der Waals surface area contributed by atoms with Crippen LogP contribution in [-0.4, -0.2) is 47.7 Å². The van der Waals surface area contributed by atoms with E-state index in [-0.39, 0.29) is 24.5 Å². The molecule has 0 aromatic heterocycles. The predicted octanol–water partition coefficient (Wildman–Crippen LogP) is 3.64. The molecular formula is C23H28N4O2. The number of nitrogens with one attached hydrogen (secondary N) is 1. The maximum absolute atomic E-state index is 13.0. The molecule has 0 saturated carbocycles. The van der Waals surface area contributed by atoms with Gasteiger partial charge >= 0.3 is 6.03 Å². The van der Waals surface area contributed by atoms with Crippen LogP contribution in [0.3, 0.4) is 0 Å². The SMILES string of the molecule is CCNC(=O)N(C)CC(=O)N1N=C(c2ccc(C)c(C)c2)C[C@H]1c1ccccc1. The summed E-state index contributed by atoms with van der Waals surface area (Å²) < 4.78 is 0. The molecule has 3 rings (SSSR count). The molecule has 0 unspecified atom stereocenters. The van der Waals surface area contributed by atoms with Crippen molar-refractivity contribution in [2.75, 3.05) is 20.1 Å². The third-order valence-corrected chi connectivity index (χ3v) is 5.24. The average molecular weight is 393 g/mol. The molecular weight excluding hydrogens is 364 g/mol. The number of hydrazone groups is 1. The van der Waals surface area contributed by atoms with E-state index < -0.39 is 0 Å². The first kappa shape index (κ1) is 20.6. The molecule has 0 fully saturated rings. The molecule has 6 heteroatoms. The van der Waals surface area contributed by atoms with Gasteiger partial charge in [-0.25, -0.2) is 9.80 Å². The number of hydrogen-bond acceptors (Lipinski definition) is 3. The monoisotopic (exact) mass is 392 g/mol. The Labute approximate surface area is 172 Å². The zero-order valence-corrected chi connectivity index (χ0v) is 17.5. The number of rotatable bonds is 5. The van der Waals surface area contributed by atoms with Crippen LogP contribution < -0.4 is 5.32 Å². The predicted molar refractivity (Wildman–Crippen MR) is 115 cm³/mol. The van der Waals surface area contributed by atoms with Gasteiger partial charge in [0.2, 0.25) is 0 Å². The van der Waals surface area contributed by atoms with E-state index in [2.05, 4.69) is 42.5 Å². The van der Waals surface area contributed by atoms with E-state index in [9.17, 15) is 9.59 Å². The molecule has 0 spiro atoms. The second-order valence-corrected chi connectivity index (χ2v) is 7.41. The van der Waals surface area contributed by atoms with E-state index in [0.29, 0.717) is 13.0 Å². The third-order valence-electron chi connectivity index (χ3n) is 5.24. The molecule has 0 saturated heterocycles. The van der Waals surface area contributed by atoms with Crippen LogP contribution in [0.15, 0.2) is 53.6 Å². The largest absolute Gasteiger partial charge is 0.338 e. The minimum Gasteiger partial charge on any atom is -0.338 e. The molecule has 1 N–H and O–H groups in total. The summed E-state index contributed by atoms with van der Waals surface area (Å²) in [7, 11) is 1.62. The zero-order valence-electron chi connectivity index (χ0n) is 17.5. The smallest absolute Gasteiger partial charge is 0.317 e. The molecule has 1 aliphatic rings. The highest BCUT2D eigenvalue weighted by atomic mass is 16.2. The fourth-order valence-electron chi connectivity index (χ4n) is 3.40. The average Bonchev–Trinajstić information content (AvgIpc) is 3.16. The maximum Gasteiger partial charge on any atom is 0.317 e. The van der Waals surface area contributed by atoms with Gasteiger partial charge in [-0.1, -0.05) is 42.5 Å². The van der Waals surface area contributed by atoms with Gasteiger partial charge in [-0.15, -0.1) is 0 Å². The molecule has 1 aliphatic heterocycles. The number of aryl methyl sites for hydroxylation is 2. The molecule has 1 atom stereocenters. The Morgan fingerprint density at radius 2 is 1.86 bits per heavy atom. The van der Waals surface area contributed by atoms with Gasteiger partial charge in [0, 0.05) is 20.0 Å². The quantitative estimate of drug-likeness (QED) is 0.844. The number of urea groups is 1. The summed E-state index contributed by atoms with van der Waals surface area (Å²) >= 11 is 0. The van der Waals surface area contributed by atoms with Crippen LogP contribution in [0, 0.1) is 13.8 Å². The summed E-state index contributed by atoms with van der Waals surface area (Å²) in [6.07, 6.45) is 0.642. The highest BCUT2D eigenvalue weighted by Gasteiger charge is 2.33. The molecule has 0 bridgehead atoms. The number of carbonyl (C=O) groups excluding carboxylic acids is 2. The van der Waals surface area contributed by atoms with E-state index >= 15 is 0 Å².